The molecule has 0 unspecified atom stereocenters. The van der Waals surface area contributed by atoms with E-state index in [1.807, 2.05) is 19.1 Å². The summed E-state index contributed by atoms with van der Waals surface area (Å²) in [5.41, 5.74) is 3.53. The van der Waals surface area contributed by atoms with Crippen molar-refractivity contribution in [1.82, 2.24) is 74.8 Å². The van der Waals surface area contributed by atoms with Gasteiger partial charge in [-0.1, -0.05) is 50.7 Å². The summed E-state index contributed by atoms with van der Waals surface area (Å²) in [5.74, 6) is 1.28. The van der Waals surface area contributed by atoms with Gasteiger partial charge in [-0.3, -0.25) is 49.1 Å². The fourth-order valence-electron chi connectivity index (χ4n) is 9.29. The highest BCUT2D eigenvalue weighted by Gasteiger charge is 2.27. The lowest BCUT2D eigenvalue weighted by Gasteiger charge is -2.12. The van der Waals surface area contributed by atoms with E-state index in [0.29, 0.717) is 87.0 Å². The second-order valence-corrected chi connectivity index (χ2v) is 21.4. The maximum absolute atomic E-state index is 13.4. The van der Waals surface area contributed by atoms with E-state index >= 15 is 0 Å². The molecule has 0 radical (unpaired) electrons. The quantitative estimate of drug-likeness (QED) is 0.0449. The highest BCUT2D eigenvalue weighted by Crippen LogP contribution is 2.29. The smallest absolute Gasteiger partial charge is 0.286 e. The number of aryl methyl sites for hydroxylation is 1. The Balaban J connectivity index is 0.000000150. The van der Waals surface area contributed by atoms with Gasteiger partial charge in [0.1, 0.15) is 76.8 Å². The van der Waals surface area contributed by atoms with Gasteiger partial charge in [-0.2, -0.15) is 8.78 Å². The molecule has 0 bridgehead atoms. The molecule has 24 nitrogen and oxygen atoms in total. The number of rotatable bonds is 22. The van der Waals surface area contributed by atoms with Gasteiger partial charge < -0.3 is 23.7 Å². The molecule has 0 spiro atoms. The van der Waals surface area contributed by atoms with Gasteiger partial charge >= 0.3 is 0 Å². The lowest BCUT2D eigenvalue weighted by Crippen LogP contribution is -2.13. The molecule has 11 heterocycles. The predicted molar refractivity (Wildman–Crippen MR) is 343 cm³/mol. The van der Waals surface area contributed by atoms with Crippen LogP contribution in [0.3, 0.4) is 0 Å². The van der Waals surface area contributed by atoms with Gasteiger partial charge in [-0.25, -0.2) is 44.9 Å². The van der Waals surface area contributed by atoms with Crippen molar-refractivity contribution in [2.75, 3.05) is 7.11 Å². The van der Waals surface area contributed by atoms with Crippen LogP contribution in [0.2, 0.25) is 0 Å². The van der Waals surface area contributed by atoms with Gasteiger partial charge in [-0.05, 0) is 73.0 Å². The molecule has 486 valence electrons. The Labute approximate surface area is 550 Å². The van der Waals surface area contributed by atoms with E-state index in [9.17, 15) is 28.0 Å². The van der Waals surface area contributed by atoms with Crippen LogP contribution >= 0.6 is 0 Å². The van der Waals surface area contributed by atoms with E-state index < -0.39 is 5.92 Å². The van der Waals surface area contributed by atoms with Crippen molar-refractivity contribution in [3.63, 3.8) is 0 Å². The number of ketones is 4. The Morgan fingerprint density at radius 1 is 0.427 bits per heavy atom. The number of hydrogen-bond donors (Lipinski definition) is 0. The van der Waals surface area contributed by atoms with Crippen LogP contribution in [-0.2, 0) is 25.2 Å². The number of halogens is 2. The minimum absolute atomic E-state index is 0.103. The van der Waals surface area contributed by atoms with Gasteiger partial charge in [0.2, 0.25) is 5.88 Å². The molecule has 26 heteroatoms. The number of aromatic nitrogens is 15. The van der Waals surface area contributed by atoms with Gasteiger partial charge in [-0.15, -0.1) is 0 Å². The standard InChI is InChI=1S/C18H14F2N4O2.C18H21N3O2.C17H14N4O3.C17H14N4O2/c1-18(19,20)17-4-2-3-12(24-17)7-16(25)15-8-13(5-6-23-15)26-14-9-21-11-22-10-14;22-18(9-14-5-3-1-2-4-6-14)17-10-15(7-8-21-17)23-16-11-19-13-20-12-16;1-23-17-4-2-3-12(21-17)7-16(22)15-8-13(5-6-20-15)24-14-9-18-11-19-10-14;1-12-2-4-20-13(6-12)7-17(22)16-8-14(3-5-21-16)23-15-9-18-11-19-10-15/h2-6,8-11H,7H2,1H3;7-8,10-14H,1-6,9H2;2-6,8-11H,7H2,1H3;2-6,8-11H,7H2,1H3. The molecule has 0 N–H and O–H groups in total. The largest absolute Gasteiger partial charge is 0.481 e. The molecule has 1 saturated carbocycles. The van der Waals surface area contributed by atoms with Crippen LogP contribution < -0.4 is 23.7 Å². The molecule has 0 aliphatic heterocycles. The number of ether oxygens (including phenoxy) is 5. The maximum Gasteiger partial charge on any atom is 0.286 e. The molecule has 1 aliphatic carbocycles. The second kappa shape index (κ2) is 35.1. The maximum atomic E-state index is 13.4. The monoisotopic (exact) mass is 1300 g/mol. The first-order valence-electron chi connectivity index (χ1n) is 30.1. The van der Waals surface area contributed by atoms with Crippen molar-refractivity contribution in [3.8, 4) is 51.9 Å². The third-order valence-corrected chi connectivity index (χ3v) is 13.9. The summed E-state index contributed by atoms with van der Waals surface area (Å²) in [5, 5.41) is 0. The van der Waals surface area contributed by atoms with Crippen LogP contribution in [0.5, 0.6) is 51.9 Å². The number of nitrogens with zero attached hydrogens (tertiary/aromatic N) is 15. The average molecular weight is 1300 g/mol. The molecule has 0 atom stereocenters. The van der Waals surface area contributed by atoms with Crippen LogP contribution in [0.25, 0.3) is 0 Å². The summed E-state index contributed by atoms with van der Waals surface area (Å²) < 4.78 is 54.2. The summed E-state index contributed by atoms with van der Waals surface area (Å²) in [7, 11) is 1.53. The minimum atomic E-state index is -3.07. The van der Waals surface area contributed by atoms with Crippen LogP contribution in [0, 0.1) is 12.8 Å². The minimum Gasteiger partial charge on any atom is -0.481 e. The van der Waals surface area contributed by atoms with E-state index in [1.165, 1.54) is 126 Å². The average Bonchev–Trinajstić information content (AvgIpc) is 1.46. The zero-order valence-electron chi connectivity index (χ0n) is 52.3. The lowest BCUT2D eigenvalue weighted by atomic mass is 9.93. The Bertz CT molecular complexity index is 4310. The number of methoxy groups -OCH3 is 1. The normalized spacial score (nSPS) is 11.8. The zero-order valence-corrected chi connectivity index (χ0v) is 52.3. The summed E-state index contributed by atoms with van der Waals surface area (Å²) >= 11 is 0. The molecule has 0 saturated heterocycles. The fraction of sp³-hybridized carbons (Fsp3) is 0.214. The molecule has 96 heavy (non-hydrogen) atoms. The SMILES string of the molecule is CC(F)(F)c1cccc(CC(=O)c2cc(Oc3cncnc3)ccn2)n1.COc1cccc(CC(=O)c2cc(Oc3cncnc3)ccn2)n1.Cc1ccnc(CC(=O)c2cc(Oc3cncnc3)ccn2)c1.O=C(CC1CCCCCC1)c1cc(Oc2cncnc2)ccn1. The van der Waals surface area contributed by atoms with Crippen molar-refractivity contribution in [3.05, 3.63) is 254 Å². The van der Waals surface area contributed by atoms with E-state index in [-0.39, 0.29) is 59.5 Å². The summed E-state index contributed by atoms with van der Waals surface area (Å²) in [6.07, 6.45) is 33.9. The molecule has 1 fully saturated rings. The molecular formula is C70H63F2N15O9. The van der Waals surface area contributed by atoms with E-state index in [0.717, 1.165) is 31.0 Å². The third-order valence-electron chi connectivity index (χ3n) is 13.9. The summed E-state index contributed by atoms with van der Waals surface area (Å²) in [6, 6.07) is 26.3. The summed E-state index contributed by atoms with van der Waals surface area (Å²) in [6.45, 7) is 2.72. The van der Waals surface area contributed by atoms with Crippen molar-refractivity contribution in [2.24, 2.45) is 5.92 Å². The summed E-state index contributed by atoms with van der Waals surface area (Å²) in [4.78, 5) is 109. The highest BCUT2D eigenvalue weighted by atomic mass is 19.3. The van der Waals surface area contributed by atoms with E-state index in [4.69, 9.17) is 23.7 Å². The molecule has 0 aromatic carbocycles. The van der Waals surface area contributed by atoms with E-state index in [2.05, 4.69) is 74.8 Å². The topological polar surface area (TPSA) is 308 Å². The number of pyridine rings is 7. The Hall–Kier alpha value is -12.1. The number of carbonyl (C=O) groups is 4. The number of Topliss-reactive ketones (excluding diaryl/α,β-unsaturated/α-hetero) is 4. The lowest BCUT2D eigenvalue weighted by molar-refractivity contribution is 0.0125. The van der Waals surface area contributed by atoms with Gasteiger partial charge in [0.15, 0.2) is 46.1 Å². The first-order chi connectivity index (χ1) is 46.7. The van der Waals surface area contributed by atoms with Gasteiger partial charge in [0, 0.05) is 86.0 Å². The molecule has 11 aromatic rings. The fourth-order valence-corrected chi connectivity index (χ4v) is 9.29. The Morgan fingerprint density at radius 3 is 1.18 bits per heavy atom. The number of carbonyl (C=O) groups excluding carboxylic acids is 4. The Morgan fingerprint density at radius 2 is 0.792 bits per heavy atom. The second-order valence-electron chi connectivity index (χ2n) is 21.4. The van der Waals surface area contributed by atoms with Crippen LogP contribution in [0.1, 0.15) is 122 Å². The van der Waals surface area contributed by atoms with Crippen LogP contribution in [0.15, 0.2) is 203 Å². The van der Waals surface area contributed by atoms with Crippen molar-refractivity contribution < 1.29 is 51.6 Å². The van der Waals surface area contributed by atoms with Crippen LogP contribution in [0.4, 0.5) is 8.78 Å². The molecular weight excluding hydrogens is 1230 g/mol. The molecule has 12 rings (SSSR count). The van der Waals surface area contributed by atoms with Crippen LogP contribution in [-0.4, -0.2) is 105 Å². The first kappa shape index (κ1) is 68.3. The first-order valence-corrected chi connectivity index (χ1v) is 30.1. The van der Waals surface area contributed by atoms with Gasteiger partial charge in [0.25, 0.3) is 5.92 Å². The van der Waals surface area contributed by atoms with E-state index in [1.54, 1.807) is 97.8 Å². The Kier molecular flexibility index (Phi) is 25.0. The highest BCUT2D eigenvalue weighted by molar-refractivity contribution is 5.97. The van der Waals surface area contributed by atoms with Crippen molar-refractivity contribution >= 4 is 23.1 Å². The van der Waals surface area contributed by atoms with Crippen molar-refractivity contribution in [1.29, 1.82) is 0 Å². The van der Waals surface area contributed by atoms with Gasteiger partial charge in [0.05, 0.1) is 81.6 Å². The molecule has 1 aliphatic rings. The zero-order chi connectivity index (χ0) is 67.3. The van der Waals surface area contributed by atoms with Crippen molar-refractivity contribution in [2.45, 2.75) is 84.0 Å². The molecule has 0 amide bonds. The third kappa shape index (κ3) is 22.3. The molecule has 11 aromatic heterocycles. The number of alkyl halides is 2. The number of hydrogen-bond acceptors (Lipinski definition) is 24. The predicted octanol–water partition coefficient (Wildman–Crippen LogP) is 13.1.